The highest BCUT2D eigenvalue weighted by molar-refractivity contribution is 5.42. The Morgan fingerprint density at radius 1 is 1.62 bits per heavy atom. The van der Waals surface area contributed by atoms with Crippen LogP contribution in [-0.2, 0) is 6.61 Å². The molecule has 0 amide bonds. The molecule has 0 atom stereocenters. The third-order valence-electron chi connectivity index (χ3n) is 2.32. The summed E-state index contributed by atoms with van der Waals surface area (Å²) in [5, 5.41) is 12.3. The van der Waals surface area contributed by atoms with E-state index in [0.717, 1.165) is 16.9 Å². The fourth-order valence-corrected chi connectivity index (χ4v) is 1.27. The van der Waals surface area contributed by atoms with Crippen LogP contribution in [0.3, 0.4) is 0 Å². The van der Waals surface area contributed by atoms with Crippen LogP contribution < -0.4 is 5.32 Å². The first kappa shape index (κ1) is 8.51. The lowest BCUT2D eigenvalue weighted by molar-refractivity contribution is 0.280. The molecule has 70 valence electrons. The maximum absolute atomic E-state index is 8.94. The van der Waals surface area contributed by atoms with Gasteiger partial charge in [0.15, 0.2) is 0 Å². The number of aliphatic hydroxyl groups excluding tert-OH is 1. The van der Waals surface area contributed by atoms with Crippen molar-refractivity contribution in [3.8, 4) is 0 Å². The molecule has 0 unspecified atom stereocenters. The zero-order chi connectivity index (χ0) is 9.26. The van der Waals surface area contributed by atoms with Crippen molar-refractivity contribution in [3.05, 3.63) is 23.4 Å². The number of aromatic nitrogens is 1. The van der Waals surface area contributed by atoms with Crippen molar-refractivity contribution in [1.82, 2.24) is 4.98 Å². The first-order chi connectivity index (χ1) is 6.29. The second-order valence-corrected chi connectivity index (χ2v) is 3.57. The van der Waals surface area contributed by atoms with Crippen molar-refractivity contribution in [1.29, 1.82) is 0 Å². The maximum Gasteiger partial charge on any atom is 0.126 e. The Hall–Kier alpha value is -1.09. The van der Waals surface area contributed by atoms with Crippen LogP contribution in [-0.4, -0.2) is 16.1 Å². The summed E-state index contributed by atoms with van der Waals surface area (Å²) >= 11 is 0. The number of nitrogens with one attached hydrogen (secondary N) is 1. The third-order valence-corrected chi connectivity index (χ3v) is 2.32. The first-order valence-electron chi connectivity index (χ1n) is 4.62. The predicted octanol–water partition coefficient (Wildman–Crippen LogP) is 1.46. The molecule has 1 aliphatic carbocycles. The smallest absolute Gasteiger partial charge is 0.126 e. The highest BCUT2D eigenvalue weighted by Gasteiger charge is 2.21. The van der Waals surface area contributed by atoms with Crippen LogP contribution in [0.5, 0.6) is 0 Å². The Bertz CT molecular complexity index is 308. The van der Waals surface area contributed by atoms with Crippen molar-refractivity contribution in [2.24, 2.45) is 0 Å². The molecule has 3 nitrogen and oxygen atoms in total. The van der Waals surface area contributed by atoms with Gasteiger partial charge in [0, 0.05) is 12.2 Å². The van der Waals surface area contributed by atoms with E-state index in [-0.39, 0.29) is 6.61 Å². The Morgan fingerprint density at radius 3 is 2.92 bits per heavy atom. The zero-order valence-electron chi connectivity index (χ0n) is 7.75. The number of hydrogen-bond donors (Lipinski definition) is 2. The van der Waals surface area contributed by atoms with Gasteiger partial charge in [-0.1, -0.05) is 0 Å². The molecule has 0 saturated heterocycles. The standard InChI is InChI=1S/C10H14N2O/c1-7-4-10(12-9-2-3-9)11-5-8(7)6-13/h4-5,9,13H,2-3,6H2,1H3,(H,11,12). The SMILES string of the molecule is Cc1cc(NC2CC2)ncc1CO. The number of aliphatic hydroxyl groups is 1. The zero-order valence-corrected chi connectivity index (χ0v) is 7.75. The summed E-state index contributed by atoms with van der Waals surface area (Å²) in [4.78, 5) is 4.22. The molecule has 0 spiro atoms. The monoisotopic (exact) mass is 178 g/mol. The number of hydrogen-bond acceptors (Lipinski definition) is 3. The number of pyridine rings is 1. The molecule has 1 heterocycles. The molecular weight excluding hydrogens is 164 g/mol. The molecule has 1 saturated carbocycles. The lowest BCUT2D eigenvalue weighted by atomic mass is 10.2. The molecule has 0 bridgehead atoms. The molecule has 0 radical (unpaired) electrons. The van der Waals surface area contributed by atoms with E-state index < -0.39 is 0 Å². The van der Waals surface area contributed by atoms with Gasteiger partial charge in [-0.25, -0.2) is 4.98 Å². The molecule has 1 fully saturated rings. The molecule has 2 rings (SSSR count). The summed E-state index contributed by atoms with van der Waals surface area (Å²) in [6.07, 6.45) is 4.24. The van der Waals surface area contributed by atoms with Crippen molar-refractivity contribution >= 4 is 5.82 Å². The summed E-state index contributed by atoms with van der Waals surface area (Å²) in [6.45, 7) is 2.06. The number of anilines is 1. The maximum atomic E-state index is 8.94. The van der Waals surface area contributed by atoms with E-state index in [9.17, 15) is 0 Å². The largest absolute Gasteiger partial charge is 0.392 e. The lowest BCUT2D eigenvalue weighted by Gasteiger charge is -2.06. The van der Waals surface area contributed by atoms with Crippen molar-refractivity contribution < 1.29 is 5.11 Å². The van der Waals surface area contributed by atoms with E-state index in [1.807, 2.05) is 13.0 Å². The van der Waals surface area contributed by atoms with Crippen molar-refractivity contribution in [2.75, 3.05) is 5.32 Å². The molecule has 0 aliphatic heterocycles. The van der Waals surface area contributed by atoms with Gasteiger partial charge in [0.1, 0.15) is 5.82 Å². The molecule has 1 aromatic rings. The Balaban J connectivity index is 2.13. The van der Waals surface area contributed by atoms with Crippen molar-refractivity contribution in [3.63, 3.8) is 0 Å². The Labute approximate surface area is 77.8 Å². The summed E-state index contributed by atoms with van der Waals surface area (Å²) in [5.74, 6) is 0.928. The normalized spacial score (nSPS) is 15.8. The van der Waals surface area contributed by atoms with Crippen LogP contribution >= 0.6 is 0 Å². The van der Waals surface area contributed by atoms with Crippen LogP contribution in [0.2, 0.25) is 0 Å². The topological polar surface area (TPSA) is 45.2 Å². The van der Waals surface area contributed by atoms with Crippen LogP contribution in [0.15, 0.2) is 12.3 Å². The Morgan fingerprint density at radius 2 is 2.38 bits per heavy atom. The van der Waals surface area contributed by atoms with E-state index in [1.54, 1.807) is 6.20 Å². The van der Waals surface area contributed by atoms with Gasteiger partial charge in [-0.05, 0) is 37.0 Å². The molecule has 1 aliphatic rings. The van der Waals surface area contributed by atoms with E-state index in [1.165, 1.54) is 12.8 Å². The molecule has 2 N–H and O–H groups in total. The highest BCUT2D eigenvalue weighted by Crippen LogP contribution is 2.24. The van der Waals surface area contributed by atoms with Gasteiger partial charge in [-0.2, -0.15) is 0 Å². The van der Waals surface area contributed by atoms with E-state index >= 15 is 0 Å². The number of nitrogens with zero attached hydrogens (tertiary/aromatic N) is 1. The molecule has 1 aromatic heterocycles. The average molecular weight is 178 g/mol. The molecule has 0 aromatic carbocycles. The van der Waals surface area contributed by atoms with Gasteiger partial charge in [0.25, 0.3) is 0 Å². The fourth-order valence-electron chi connectivity index (χ4n) is 1.27. The second kappa shape index (κ2) is 3.34. The number of aryl methyl sites for hydroxylation is 1. The van der Waals surface area contributed by atoms with Gasteiger partial charge in [-0.3, -0.25) is 0 Å². The summed E-state index contributed by atoms with van der Waals surface area (Å²) < 4.78 is 0. The molecule has 3 heteroatoms. The minimum absolute atomic E-state index is 0.0720. The number of rotatable bonds is 3. The van der Waals surface area contributed by atoms with Crippen molar-refractivity contribution in [2.45, 2.75) is 32.4 Å². The molecular formula is C10H14N2O. The summed E-state index contributed by atoms with van der Waals surface area (Å²) in [5.41, 5.74) is 2.00. The minimum Gasteiger partial charge on any atom is -0.392 e. The minimum atomic E-state index is 0.0720. The average Bonchev–Trinajstić information content (AvgIpc) is 2.89. The molecule has 13 heavy (non-hydrogen) atoms. The Kier molecular flexibility index (Phi) is 2.19. The lowest BCUT2D eigenvalue weighted by Crippen LogP contribution is -2.04. The van der Waals surface area contributed by atoms with E-state index in [4.69, 9.17) is 5.11 Å². The van der Waals surface area contributed by atoms with Crippen LogP contribution in [0, 0.1) is 6.92 Å². The van der Waals surface area contributed by atoms with E-state index in [2.05, 4.69) is 10.3 Å². The fraction of sp³-hybridized carbons (Fsp3) is 0.500. The van der Waals surface area contributed by atoms with Gasteiger partial charge in [0.05, 0.1) is 6.61 Å². The highest BCUT2D eigenvalue weighted by atomic mass is 16.3. The van der Waals surface area contributed by atoms with Gasteiger partial charge >= 0.3 is 0 Å². The van der Waals surface area contributed by atoms with Gasteiger partial charge in [-0.15, -0.1) is 0 Å². The summed E-state index contributed by atoms with van der Waals surface area (Å²) in [7, 11) is 0. The second-order valence-electron chi connectivity index (χ2n) is 3.57. The van der Waals surface area contributed by atoms with Gasteiger partial charge in [0.2, 0.25) is 0 Å². The quantitative estimate of drug-likeness (QED) is 0.736. The van der Waals surface area contributed by atoms with Gasteiger partial charge < -0.3 is 10.4 Å². The van der Waals surface area contributed by atoms with Crippen LogP contribution in [0.25, 0.3) is 0 Å². The third kappa shape index (κ3) is 1.98. The van der Waals surface area contributed by atoms with Crippen LogP contribution in [0.1, 0.15) is 24.0 Å². The van der Waals surface area contributed by atoms with E-state index in [0.29, 0.717) is 6.04 Å². The predicted molar refractivity (Wildman–Crippen MR) is 51.5 cm³/mol. The first-order valence-corrected chi connectivity index (χ1v) is 4.62. The summed E-state index contributed by atoms with van der Waals surface area (Å²) in [6, 6.07) is 2.62. The van der Waals surface area contributed by atoms with Crippen LogP contribution in [0.4, 0.5) is 5.82 Å².